The van der Waals surface area contributed by atoms with E-state index >= 15 is 0 Å². The first-order valence-electron chi connectivity index (χ1n) is 10.7. The van der Waals surface area contributed by atoms with Crippen LogP contribution in [0.1, 0.15) is 11.1 Å². The van der Waals surface area contributed by atoms with Crippen LogP contribution in [-0.4, -0.2) is 22.7 Å². The Balaban J connectivity index is 1.27. The van der Waals surface area contributed by atoms with Gasteiger partial charge < -0.3 is 20.5 Å². The number of aromatic hydroxyl groups is 1. The van der Waals surface area contributed by atoms with E-state index < -0.39 is 0 Å². The van der Waals surface area contributed by atoms with Gasteiger partial charge in [-0.2, -0.15) is 0 Å². The molecule has 0 aliphatic rings. The summed E-state index contributed by atoms with van der Waals surface area (Å²) >= 11 is 0. The summed E-state index contributed by atoms with van der Waals surface area (Å²) < 4.78 is 5.91. The van der Waals surface area contributed by atoms with Crippen LogP contribution in [0.2, 0.25) is 0 Å². The Kier molecular flexibility index (Phi) is 7.18. The van der Waals surface area contributed by atoms with Crippen molar-refractivity contribution in [1.82, 2.24) is 10.3 Å². The molecular formula is C27H25N3O3. The van der Waals surface area contributed by atoms with Gasteiger partial charge in [0.1, 0.15) is 11.5 Å². The van der Waals surface area contributed by atoms with Crippen LogP contribution < -0.4 is 15.4 Å². The molecule has 0 unspecified atom stereocenters. The number of carbonyl (C=O) groups excluding carboxylic acids is 1. The lowest BCUT2D eigenvalue weighted by Crippen LogP contribution is -2.28. The monoisotopic (exact) mass is 439 g/mol. The van der Waals surface area contributed by atoms with E-state index in [9.17, 15) is 9.90 Å². The minimum absolute atomic E-state index is 0.253. The van der Waals surface area contributed by atoms with Crippen molar-refractivity contribution in [2.45, 2.75) is 13.0 Å². The summed E-state index contributed by atoms with van der Waals surface area (Å²) in [4.78, 5) is 16.1. The Bertz CT molecular complexity index is 1180. The number of aromatic nitrogens is 1. The second kappa shape index (κ2) is 10.8. The number of amides is 2. The van der Waals surface area contributed by atoms with E-state index in [0.717, 1.165) is 28.9 Å². The average molecular weight is 440 g/mol. The van der Waals surface area contributed by atoms with Crippen LogP contribution in [0.3, 0.4) is 0 Å². The highest BCUT2D eigenvalue weighted by Gasteiger charge is 2.06. The molecule has 0 aliphatic carbocycles. The van der Waals surface area contributed by atoms with Crippen molar-refractivity contribution in [3.63, 3.8) is 0 Å². The maximum Gasteiger partial charge on any atom is 0.319 e. The normalized spacial score (nSPS) is 10.4. The highest BCUT2D eigenvalue weighted by molar-refractivity contribution is 5.89. The molecule has 3 N–H and O–H groups in total. The molecule has 0 fully saturated rings. The number of ether oxygens (including phenoxy) is 1. The lowest BCUT2D eigenvalue weighted by atomic mass is 9.98. The van der Waals surface area contributed by atoms with Crippen LogP contribution in [0.5, 0.6) is 11.5 Å². The van der Waals surface area contributed by atoms with Gasteiger partial charge in [0.2, 0.25) is 0 Å². The molecule has 166 valence electrons. The number of phenols is 1. The fourth-order valence-corrected chi connectivity index (χ4v) is 3.43. The number of benzene rings is 3. The second-order valence-electron chi connectivity index (χ2n) is 7.50. The summed E-state index contributed by atoms with van der Waals surface area (Å²) in [6.07, 6.45) is 4.16. The van der Waals surface area contributed by atoms with Crippen LogP contribution in [0, 0.1) is 0 Å². The van der Waals surface area contributed by atoms with Gasteiger partial charge in [0.05, 0.1) is 6.61 Å². The number of phenolic OH excluding ortho intramolecular Hbond substituents is 1. The molecule has 6 nitrogen and oxygen atoms in total. The quantitative estimate of drug-likeness (QED) is 0.343. The summed E-state index contributed by atoms with van der Waals surface area (Å²) in [7, 11) is 0. The minimum atomic E-state index is -0.279. The largest absolute Gasteiger partial charge is 0.508 e. The summed E-state index contributed by atoms with van der Waals surface area (Å²) in [6.45, 7) is 0.931. The van der Waals surface area contributed by atoms with Crippen molar-refractivity contribution in [3.05, 3.63) is 108 Å². The lowest BCUT2D eigenvalue weighted by Gasteiger charge is -2.12. The standard InChI is InChI=1S/C27H25N3O3/c31-24-11-7-22(8-12-24)26-6-2-1-5-21(26)15-17-33-25-13-9-23(10-14-25)30-27(32)29-19-20-4-3-16-28-18-20/h1-14,16,18,31H,15,17,19H2,(H2,29,30,32). The van der Waals surface area contributed by atoms with Gasteiger partial charge in [-0.3, -0.25) is 4.98 Å². The van der Waals surface area contributed by atoms with Crippen molar-refractivity contribution in [3.8, 4) is 22.6 Å². The molecule has 4 aromatic rings. The molecule has 1 heterocycles. The average Bonchev–Trinajstić information content (AvgIpc) is 2.85. The Hall–Kier alpha value is -4.32. The SMILES string of the molecule is O=C(NCc1cccnc1)Nc1ccc(OCCc2ccccc2-c2ccc(O)cc2)cc1. The number of urea groups is 1. The molecule has 1 aromatic heterocycles. The van der Waals surface area contributed by atoms with E-state index in [1.54, 1.807) is 24.5 Å². The van der Waals surface area contributed by atoms with Gasteiger partial charge >= 0.3 is 6.03 Å². The summed E-state index contributed by atoms with van der Waals surface area (Å²) in [6, 6.07) is 26.1. The van der Waals surface area contributed by atoms with Gasteiger partial charge in [0.15, 0.2) is 0 Å². The molecule has 0 spiro atoms. The van der Waals surface area contributed by atoms with E-state index in [0.29, 0.717) is 18.8 Å². The van der Waals surface area contributed by atoms with Gasteiger partial charge in [0, 0.05) is 31.0 Å². The molecule has 0 bridgehead atoms. The van der Waals surface area contributed by atoms with E-state index in [1.165, 1.54) is 5.56 Å². The predicted octanol–water partition coefficient (Wildman–Crippen LogP) is 5.40. The van der Waals surface area contributed by atoms with Gasteiger partial charge in [-0.15, -0.1) is 0 Å². The fourth-order valence-electron chi connectivity index (χ4n) is 3.43. The Morgan fingerprint density at radius 3 is 2.45 bits per heavy atom. The molecule has 2 amide bonds. The minimum Gasteiger partial charge on any atom is -0.508 e. The molecule has 3 aromatic carbocycles. The van der Waals surface area contributed by atoms with Crippen molar-refractivity contribution in [2.75, 3.05) is 11.9 Å². The second-order valence-corrected chi connectivity index (χ2v) is 7.50. The molecule has 0 saturated carbocycles. The van der Waals surface area contributed by atoms with E-state index in [-0.39, 0.29) is 11.8 Å². The zero-order valence-corrected chi connectivity index (χ0v) is 18.1. The number of anilines is 1. The third-order valence-electron chi connectivity index (χ3n) is 5.12. The topological polar surface area (TPSA) is 83.5 Å². The van der Waals surface area contributed by atoms with E-state index in [1.807, 2.05) is 60.7 Å². The van der Waals surface area contributed by atoms with Crippen LogP contribution in [-0.2, 0) is 13.0 Å². The third kappa shape index (κ3) is 6.33. The maximum atomic E-state index is 12.1. The number of carbonyl (C=O) groups is 1. The molecule has 0 atom stereocenters. The number of hydrogen-bond acceptors (Lipinski definition) is 4. The first-order valence-corrected chi connectivity index (χ1v) is 10.7. The number of nitrogens with one attached hydrogen (secondary N) is 2. The molecule has 0 saturated heterocycles. The van der Waals surface area contributed by atoms with Crippen LogP contribution in [0.25, 0.3) is 11.1 Å². The summed E-state index contributed by atoms with van der Waals surface area (Å²) in [5.74, 6) is 0.988. The van der Waals surface area contributed by atoms with Crippen molar-refractivity contribution in [2.24, 2.45) is 0 Å². The zero-order chi connectivity index (χ0) is 22.9. The van der Waals surface area contributed by atoms with Crippen LogP contribution in [0.15, 0.2) is 97.3 Å². The number of rotatable bonds is 8. The first kappa shape index (κ1) is 21.9. The molecular weight excluding hydrogens is 414 g/mol. The van der Waals surface area contributed by atoms with Gasteiger partial charge in [0.25, 0.3) is 0 Å². The number of hydrogen-bond donors (Lipinski definition) is 3. The Morgan fingerprint density at radius 2 is 1.70 bits per heavy atom. The third-order valence-corrected chi connectivity index (χ3v) is 5.12. The van der Waals surface area contributed by atoms with Crippen molar-refractivity contribution >= 4 is 11.7 Å². The Morgan fingerprint density at radius 1 is 0.909 bits per heavy atom. The van der Waals surface area contributed by atoms with E-state index in [4.69, 9.17) is 4.74 Å². The van der Waals surface area contributed by atoms with Crippen molar-refractivity contribution in [1.29, 1.82) is 0 Å². The molecule has 33 heavy (non-hydrogen) atoms. The highest BCUT2D eigenvalue weighted by Crippen LogP contribution is 2.26. The molecule has 0 aliphatic heterocycles. The van der Waals surface area contributed by atoms with Gasteiger partial charge in [-0.25, -0.2) is 4.79 Å². The fraction of sp³-hybridized carbons (Fsp3) is 0.111. The first-order chi connectivity index (χ1) is 16.2. The van der Waals surface area contributed by atoms with Crippen molar-refractivity contribution < 1.29 is 14.6 Å². The number of nitrogens with zero attached hydrogens (tertiary/aromatic N) is 1. The van der Waals surface area contributed by atoms with Gasteiger partial charge in [-0.1, -0.05) is 42.5 Å². The zero-order valence-electron chi connectivity index (χ0n) is 18.1. The smallest absolute Gasteiger partial charge is 0.319 e. The van der Waals surface area contributed by atoms with E-state index in [2.05, 4.69) is 27.8 Å². The predicted molar refractivity (Wildman–Crippen MR) is 129 cm³/mol. The van der Waals surface area contributed by atoms with Crippen LogP contribution in [0.4, 0.5) is 10.5 Å². The summed E-state index contributed by atoms with van der Waals surface area (Å²) in [5, 5.41) is 15.1. The lowest BCUT2D eigenvalue weighted by molar-refractivity contribution is 0.251. The molecule has 0 radical (unpaired) electrons. The maximum absolute atomic E-state index is 12.1. The Labute approximate surface area is 192 Å². The van der Waals surface area contributed by atoms with Crippen LogP contribution >= 0.6 is 0 Å². The number of pyridine rings is 1. The van der Waals surface area contributed by atoms with Gasteiger partial charge in [-0.05, 0) is 64.7 Å². The highest BCUT2D eigenvalue weighted by atomic mass is 16.5. The molecule has 6 heteroatoms. The summed E-state index contributed by atoms with van der Waals surface area (Å²) in [5.41, 5.74) is 4.97. The molecule has 4 rings (SSSR count).